The summed E-state index contributed by atoms with van der Waals surface area (Å²) in [5.74, 6) is 2.01. The molecule has 2 aromatic rings. The number of nitrogens with zero attached hydrogens (tertiary/aromatic N) is 3. The standard InChI is InChI=1S/C19H24N6O/c26-18-13-15(5-7-21-18)14-1-3-16(4-2-14)23-17-6-8-22-19(24-17)25-11-9-20-10-12-25/h1-4,6,8,15,20H,5,7,9-13H2,(H,21,26)(H,22,23,24). The second-order valence-electron chi connectivity index (χ2n) is 6.77. The van der Waals surface area contributed by atoms with Crippen molar-refractivity contribution in [2.75, 3.05) is 42.9 Å². The number of anilines is 3. The predicted octanol–water partition coefficient (Wildman–Crippen LogP) is 1.62. The van der Waals surface area contributed by atoms with Gasteiger partial charge in [0.15, 0.2) is 0 Å². The molecule has 2 fully saturated rings. The van der Waals surface area contributed by atoms with Crippen LogP contribution in [-0.4, -0.2) is 48.6 Å². The van der Waals surface area contributed by atoms with Crippen LogP contribution in [0.15, 0.2) is 36.5 Å². The van der Waals surface area contributed by atoms with Gasteiger partial charge in [-0.1, -0.05) is 12.1 Å². The molecule has 0 radical (unpaired) electrons. The molecular weight excluding hydrogens is 328 g/mol. The molecule has 0 aliphatic carbocycles. The number of piperidine rings is 1. The number of benzene rings is 1. The maximum Gasteiger partial charge on any atom is 0.227 e. The first-order valence-corrected chi connectivity index (χ1v) is 9.20. The first-order chi connectivity index (χ1) is 12.8. The van der Waals surface area contributed by atoms with Crippen molar-refractivity contribution in [2.45, 2.75) is 18.8 Å². The molecule has 26 heavy (non-hydrogen) atoms. The molecule has 7 heteroatoms. The Morgan fingerprint density at radius 2 is 1.88 bits per heavy atom. The fourth-order valence-corrected chi connectivity index (χ4v) is 3.49. The van der Waals surface area contributed by atoms with E-state index in [1.807, 2.05) is 6.07 Å². The van der Waals surface area contributed by atoms with Gasteiger partial charge < -0.3 is 20.9 Å². The third-order valence-corrected chi connectivity index (χ3v) is 4.94. The van der Waals surface area contributed by atoms with Crippen LogP contribution in [0.25, 0.3) is 0 Å². The molecule has 1 amide bonds. The molecule has 4 rings (SSSR count). The summed E-state index contributed by atoms with van der Waals surface area (Å²) < 4.78 is 0. The lowest BCUT2D eigenvalue weighted by Crippen LogP contribution is -2.44. The van der Waals surface area contributed by atoms with E-state index >= 15 is 0 Å². The molecule has 1 aromatic heterocycles. The van der Waals surface area contributed by atoms with E-state index in [0.29, 0.717) is 12.3 Å². The average Bonchev–Trinajstić information content (AvgIpc) is 2.69. The fourth-order valence-electron chi connectivity index (χ4n) is 3.49. The molecule has 7 nitrogen and oxygen atoms in total. The first kappa shape index (κ1) is 16.8. The van der Waals surface area contributed by atoms with Crippen LogP contribution in [0, 0.1) is 0 Å². The highest BCUT2D eigenvalue weighted by Crippen LogP contribution is 2.27. The molecule has 2 aliphatic rings. The third kappa shape index (κ3) is 3.94. The zero-order valence-electron chi connectivity index (χ0n) is 14.7. The summed E-state index contributed by atoms with van der Waals surface area (Å²) in [5, 5.41) is 9.57. The topological polar surface area (TPSA) is 82.2 Å². The number of aromatic nitrogens is 2. The van der Waals surface area contributed by atoms with Crippen LogP contribution in [-0.2, 0) is 4.79 Å². The van der Waals surface area contributed by atoms with Gasteiger partial charge in [-0.15, -0.1) is 0 Å². The molecule has 3 N–H and O–H groups in total. The smallest absolute Gasteiger partial charge is 0.227 e. The highest BCUT2D eigenvalue weighted by molar-refractivity contribution is 5.77. The summed E-state index contributed by atoms with van der Waals surface area (Å²) in [4.78, 5) is 22.8. The van der Waals surface area contributed by atoms with Crippen molar-refractivity contribution in [2.24, 2.45) is 0 Å². The molecule has 2 saturated heterocycles. The number of amides is 1. The largest absolute Gasteiger partial charge is 0.356 e. The molecule has 2 aliphatic heterocycles. The second kappa shape index (κ2) is 7.70. The highest BCUT2D eigenvalue weighted by Gasteiger charge is 2.20. The van der Waals surface area contributed by atoms with Crippen molar-refractivity contribution in [3.05, 3.63) is 42.1 Å². The number of piperazine rings is 1. The zero-order chi connectivity index (χ0) is 17.8. The summed E-state index contributed by atoms with van der Waals surface area (Å²) >= 11 is 0. The quantitative estimate of drug-likeness (QED) is 0.776. The van der Waals surface area contributed by atoms with E-state index in [1.165, 1.54) is 5.56 Å². The Kier molecular flexibility index (Phi) is 4.97. The normalized spacial score (nSPS) is 20.5. The van der Waals surface area contributed by atoms with E-state index < -0.39 is 0 Å². The third-order valence-electron chi connectivity index (χ3n) is 4.94. The molecule has 1 aromatic carbocycles. The van der Waals surface area contributed by atoms with Gasteiger partial charge in [-0.2, -0.15) is 4.98 Å². The number of carbonyl (C=O) groups excluding carboxylic acids is 1. The predicted molar refractivity (Wildman–Crippen MR) is 102 cm³/mol. The van der Waals surface area contributed by atoms with E-state index in [-0.39, 0.29) is 5.91 Å². The number of rotatable bonds is 4. The van der Waals surface area contributed by atoms with Gasteiger partial charge in [0.2, 0.25) is 11.9 Å². The van der Waals surface area contributed by atoms with Gasteiger partial charge in [0.25, 0.3) is 0 Å². The van der Waals surface area contributed by atoms with Gasteiger partial charge in [-0.05, 0) is 36.1 Å². The average molecular weight is 352 g/mol. The minimum Gasteiger partial charge on any atom is -0.356 e. The Morgan fingerprint density at radius 3 is 2.65 bits per heavy atom. The van der Waals surface area contributed by atoms with Crippen LogP contribution in [0.1, 0.15) is 24.3 Å². The van der Waals surface area contributed by atoms with Crippen molar-refractivity contribution in [1.82, 2.24) is 20.6 Å². The maximum absolute atomic E-state index is 11.6. The van der Waals surface area contributed by atoms with Gasteiger partial charge in [0.05, 0.1) is 0 Å². The van der Waals surface area contributed by atoms with Crippen molar-refractivity contribution >= 4 is 23.4 Å². The van der Waals surface area contributed by atoms with Crippen LogP contribution >= 0.6 is 0 Å². The van der Waals surface area contributed by atoms with Crippen molar-refractivity contribution < 1.29 is 4.79 Å². The first-order valence-electron chi connectivity index (χ1n) is 9.20. The number of nitrogens with one attached hydrogen (secondary N) is 3. The Labute approximate surface area is 153 Å². The molecule has 0 bridgehead atoms. The second-order valence-corrected chi connectivity index (χ2v) is 6.77. The molecule has 1 unspecified atom stereocenters. The van der Waals surface area contributed by atoms with Gasteiger partial charge >= 0.3 is 0 Å². The molecule has 3 heterocycles. The number of carbonyl (C=O) groups is 1. The minimum absolute atomic E-state index is 0.143. The van der Waals surface area contributed by atoms with Gasteiger partial charge in [-0.25, -0.2) is 4.98 Å². The lowest BCUT2D eigenvalue weighted by molar-refractivity contribution is -0.122. The summed E-state index contributed by atoms with van der Waals surface area (Å²) in [7, 11) is 0. The Balaban J connectivity index is 1.43. The zero-order valence-corrected chi connectivity index (χ0v) is 14.7. The Hall–Kier alpha value is -2.67. The molecule has 0 saturated carbocycles. The van der Waals surface area contributed by atoms with Crippen LogP contribution in [0.4, 0.5) is 17.5 Å². The van der Waals surface area contributed by atoms with Crippen LogP contribution in [0.2, 0.25) is 0 Å². The van der Waals surface area contributed by atoms with Crippen LogP contribution in [0.5, 0.6) is 0 Å². The van der Waals surface area contributed by atoms with E-state index in [1.54, 1.807) is 6.20 Å². The highest BCUT2D eigenvalue weighted by atomic mass is 16.1. The SMILES string of the molecule is O=C1CC(c2ccc(Nc3ccnc(N4CCNCC4)n3)cc2)CCN1. The lowest BCUT2D eigenvalue weighted by Gasteiger charge is -2.27. The van der Waals surface area contributed by atoms with E-state index in [2.05, 4.69) is 55.1 Å². The summed E-state index contributed by atoms with van der Waals surface area (Å²) in [6.07, 6.45) is 3.37. The van der Waals surface area contributed by atoms with Crippen LogP contribution < -0.4 is 20.9 Å². The lowest BCUT2D eigenvalue weighted by atomic mass is 9.90. The Bertz CT molecular complexity index is 757. The molecule has 1 atom stereocenters. The van der Waals surface area contributed by atoms with Crippen molar-refractivity contribution in [1.29, 1.82) is 0 Å². The summed E-state index contributed by atoms with van der Waals surface area (Å²) in [6.45, 7) is 4.53. The van der Waals surface area contributed by atoms with Gasteiger partial charge in [0.1, 0.15) is 5.82 Å². The Morgan fingerprint density at radius 1 is 1.08 bits per heavy atom. The molecular formula is C19H24N6O. The monoisotopic (exact) mass is 352 g/mol. The fraction of sp³-hybridized carbons (Fsp3) is 0.421. The minimum atomic E-state index is 0.143. The molecule has 0 spiro atoms. The summed E-state index contributed by atoms with van der Waals surface area (Å²) in [5.41, 5.74) is 2.20. The van der Waals surface area contributed by atoms with Crippen molar-refractivity contribution in [3.63, 3.8) is 0 Å². The number of hydrogen-bond donors (Lipinski definition) is 3. The van der Waals surface area contributed by atoms with Gasteiger partial charge in [0, 0.05) is 51.0 Å². The van der Waals surface area contributed by atoms with Crippen LogP contribution in [0.3, 0.4) is 0 Å². The van der Waals surface area contributed by atoms with E-state index in [9.17, 15) is 4.79 Å². The van der Waals surface area contributed by atoms with Gasteiger partial charge in [-0.3, -0.25) is 4.79 Å². The maximum atomic E-state index is 11.6. The van der Waals surface area contributed by atoms with E-state index in [4.69, 9.17) is 0 Å². The van der Waals surface area contributed by atoms with Crippen molar-refractivity contribution in [3.8, 4) is 0 Å². The van der Waals surface area contributed by atoms with E-state index in [0.717, 1.165) is 56.6 Å². The number of hydrogen-bond acceptors (Lipinski definition) is 6. The molecule has 136 valence electrons. The summed E-state index contributed by atoms with van der Waals surface area (Å²) in [6, 6.07) is 10.2.